The summed E-state index contributed by atoms with van der Waals surface area (Å²) in [7, 11) is 0. The van der Waals surface area contributed by atoms with Gasteiger partial charge in [0, 0.05) is 0 Å². The molecule has 0 bridgehead atoms. The van der Waals surface area contributed by atoms with E-state index in [2.05, 4.69) is 31.0 Å². The van der Waals surface area contributed by atoms with E-state index in [0.717, 1.165) is 10.7 Å². The first-order chi connectivity index (χ1) is 7.48. The van der Waals surface area contributed by atoms with Gasteiger partial charge in [-0.3, -0.25) is 0 Å². The Morgan fingerprint density at radius 3 is 2.56 bits per heavy atom. The van der Waals surface area contributed by atoms with Gasteiger partial charge in [0.15, 0.2) is 0 Å². The zero-order valence-electron chi connectivity index (χ0n) is 9.61. The van der Waals surface area contributed by atoms with Crippen molar-refractivity contribution in [3.63, 3.8) is 0 Å². The molecule has 0 N–H and O–H groups in total. The molecular weight excluding hydrogens is 328 g/mol. The van der Waals surface area contributed by atoms with E-state index in [9.17, 15) is 0 Å². The summed E-state index contributed by atoms with van der Waals surface area (Å²) in [6.07, 6.45) is 3.28. The third kappa shape index (κ3) is 2.40. The van der Waals surface area contributed by atoms with Crippen molar-refractivity contribution in [1.82, 2.24) is 14.8 Å². The first-order valence-electron chi connectivity index (χ1n) is 5.13. The van der Waals surface area contributed by atoms with Crippen LogP contribution >= 0.6 is 11.6 Å². The SMILES string of the molecule is [CH3][Sn]([CH3])([CH3])[c]1cc(Cl)ccc1-n1cncn1. The Balaban J connectivity index is 2.62. The first-order valence-corrected chi connectivity index (χ1v) is 15.5. The average Bonchev–Trinajstić information content (AvgIpc) is 2.69. The van der Waals surface area contributed by atoms with Crippen LogP contribution < -0.4 is 3.58 Å². The Morgan fingerprint density at radius 2 is 2.00 bits per heavy atom. The van der Waals surface area contributed by atoms with Crippen LogP contribution in [0.2, 0.25) is 19.8 Å². The van der Waals surface area contributed by atoms with Crippen LogP contribution in [0.25, 0.3) is 5.69 Å². The topological polar surface area (TPSA) is 30.7 Å². The molecule has 16 heavy (non-hydrogen) atoms. The number of aromatic nitrogens is 3. The van der Waals surface area contributed by atoms with E-state index in [0.29, 0.717) is 0 Å². The third-order valence-corrected chi connectivity index (χ3v) is 8.42. The van der Waals surface area contributed by atoms with Gasteiger partial charge in [0.25, 0.3) is 0 Å². The standard InChI is InChI=1S/C8H5ClN3.3CH3.Sn/c9-7-1-3-8(4-2-7)12-6-10-5-11-12;;;;/h1-3,5-6H;3*1H3;. The molecule has 0 aliphatic rings. The minimum atomic E-state index is -2.19. The normalized spacial score (nSPS) is 11.8. The van der Waals surface area contributed by atoms with E-state index in [1.54, 1.807) is 12.7 Å². The Kier molecular flexibility index (Phi) is 3.26. The van der Waals surface area contributed by atoms with Gasteiger partial charge >= 0.3 is 105 Å². The van der Waals surface area contributed by atoms with Crippen LogP contribution in [-0.2, 0) is 0 Å². The molecule has 5 heteroatoms. The van der Waals surface area contributed by atoms with E-state index >= 15 is 0 Å². The van der Waals surface area contributed by atoms with Gasteiger partial charge < -0.3 is 0 Å². The van der Waals surface area contributed by atoms with Crippen LogP contribution in [-0.4, -0.2) is 33.1 Å². The van der Waals surface area contributed by atoms with Crippen molar-refractivity contribution >= 4 is 33.6 Å². The first kappa shape index (κ1) is 11.9. The molecule has 0 unspecified atom stereocenters. The predicted octanol–water partition coefficient (Wildman–Crippen LogP) is 2.47. The molecule has 2 rings (SSSR count). The van der Waals surface area contributed by atoms with Crippen LogP contribution in [0, 0.1) is 0 Å². The fourth-order valence-electron chi connectivity index (χ4n) is 1.64. The molecule has 3 nitrogen and oxygen atoms in total. The molecule has 0 amide bonds. The maximum atomic E-state index is 6.07. The molecule has 0 aliphatic heterocycles. The number of benzene rings is 1. The number of hydrogen-bond acceptors (Lipinski definition) is 2. The molecule has 0 saturated carbocycles. The second kappa shape index (κ2) is 4.37. The number of hydrogen-bond donors (Lipinski definition) is 0. The second-order valence-corrected chi connectivity index (χ2v) is 19.6. The van der Waals surface area contributed by atoms with Crippen molar-refractivity contribution in [3.05, 3.63) is 35.9 Å². The molecule has 0 radical (unpaired) electrons. The van der Waals surface area contributed by atoms with Gasteiger partial charge in [-0.15, -0.1) is 0 Å². The van der Waals surface area contributed by atoms with Gasteiger partial charge in [-0.2, -0.15) is 0 Å². The third-order valence-electron chi connectivity index (χ3n) is 2.43. The quantitative estimate of drug-likeness (QED) is 0.785. The van der Waals surface area contributed by atoms with Gasteiger partial charge in [-0.1, -0.05) is 0 Å². The van der Waals surface area contributed by atoms with Gasteiger partial charge in [0.1, 0.15) is 0 Å². The van der Waals surface area contributed by atoms with Gasteiger partial charge in [-0.05, 0) is 0 Å². The van der Waals surface area contributed by atoms with Crippen molar-refractivity contribution in [2.24, 2.45) is 0 Å². The van der Waals surface area contributed by atoms with E-state index in [1.165, 1.54) is 3.58 Å². The predicted molar refractivity (Wildman–Crippen MR) is 69.3 cm³/mol. The van der Waals surface area contributed by atoms with Crippen LogP contribution in [0.1, 0.15) is 0 Å². The van der Waals surface area contributed by atoms with Crippen molar-refractivity contribution in [1.29, 1.82) is 0 Å². The van der Waals surface area contributed by atoms with E-state index in [4.69, 9.17) is 11.6 Å². The maximum absolute atomic E-state index is 6.07. The Bertz CT molecular complexity index is 488. The summed E-state index contributed by atoms with van der Waals surface area (Å²) in [6.45, 7) is 0. The van der Waals surface area contributed by atoms with E-state index in [-0.39, 0.29) is 0 Å². The van der Waals surface area contributed by atoms with Crippen molar-refractivity contribution in [2.75, 3.05) is 0 Å². The molecular formula is C11H14ClN3Sn. The zero-order chi connectivity index (χ0) is 11.8. The molecule has 1 aromatic carbocycles. The summed E-state index contributed by atoms with van der Waals surface area (Å²) in [5, 5.41) is 4.98. The second-order valence-electron chi connectivity index (χ2n) is 4.75. The molecule has 0 atom stereocenters. The molecule has 0 aliphatic carbocycles. The van der Waals surface area contributed by atoms with Crippen LogP contribution in [0.4, 0.5) is 0 Å². The molecule has 0 saturated heterocycles. The zero-order valence-corrected chi connectivity index (χ0v) is 13.2. The van der Waals surface area contributed by atoms with Crippen molar-refractivity contribution in [2.45, 2.75) is 14.8 Å². The number of halogens is 1. The number of nitrogens with zero attached hydrogens (tertiary/aromatic N) is 3. The summed E-state index contributed by atoms with van der Waals surface area (Å²) in [6, 6.07) is 6.00. The summed E-state index contributed by atoms with van der Waals surface area (Å²) >= 11 is 3.89. The van der Waals surface area contributed by atoms with Crippen LogP contribution in [0.3, 0.4) is 0 Å². The molecule has 2 aromatic rings. The molecule has 84 valence electrons. The summed E-state index contributed by atoms with van der Waals surface area (Å²) in [4.78, 5) is 11.1. The summed E-state index contributed by atoms with van der Waals surface area (Å²) in [5.41, 5.74) is 1.12. The van der Waals surface area contributed by atoms with Crippen molar-refractivity contribution in [3.8, 4) is 5.69 Å². The molecule has 0 spiro atoms. The Hall–Kier alpha value is -0.551. The molecule has 1 aromatic heterocycles. The van der Waals surface area contributed by atoms with Gasteiger partial charge in [0.2, 0.25) is 0 Å². The monoisotopic (exact) mass is 343 g/mol. The summed E-state index contributed by atoms with van der Waals surface area (Å²) < 4.78 is 3.18. The Morgan fingerprint density at radius 1 is 1.25 bits per heavy atom. The van der Waals surface area contributed by atoms with Gasteiger partial charge in [0.05, 0.1) is 0 Å². The van der Waals surface area contributed by atoms with E-state index < -0.39 is 18.4 Å². The van der Waals surface area contributed by atoms with E-state index in [1.807, 2.05) is 16.8 Å². The van der Waals surface area contributed by atoms with Gasteiger partial charge in [-0.25, -0.2) is 0 Å². The fraction of sp³-hybridized carbons (Fsp3) is 0.273. The van der Waals surface area contributed by atoms with Crippen LogP contribution in [0.5, 0.6) is 0 Å². The molecule has 0 fully saturated rings. The molecule has 1 heterocycles. The number of rotatable bonds is 2. The summed E-state index contributed by atoms with van der Waals surface area (Å²) in [5.74, 6) is 0. The average molecular weight is 342 g/mol. The van der Waals surface area contributed by atoms with Crippen LogP contribution in [0.15, 0.2) is 30.9 Å². The van der Waals surface area contributed by atoms with Crippen molar-refractivity contribution < 1.29 is 0 Å². The Labute approximate surface area is 104 Å². The fourth-order valence-corrected chi connectivity index (χ4v) is 6.51. The minimum absolute atomic E-state index is 0.797.